The van der Waals surface area contributed by atoms with Crippen LogP contribution in [0, 0.1) is 0 Å². The zero-order valence-corrected chi connectivity index (χ0v) is 23.0. The Bertz CT molecular complexity index is 1890. The largest absolute Gasteiger partial charge is 0.507 e. The molecule has 1 aliphatic heterocycles. The molecule has 0 unspecified atom stereocenters. The Hall–Kier alpha value is -5.24. The van der Waals surface area contributed by atoms with Crippen LogP contribution >= 0.6 is 0 Å². The number of aromatic hydroxyl groups is 3. The third-order valence-electron chi connectivity index (χ3n) is 7.52. The number of esters is 1. The van der Waals surface area contributed by atoms with Crippen molar-refractivity contribution in [2.75, 3.05) is 0 Å². The maximum atomic E-state index is 13.3. The molecule has 0 aliphatic carbocycles. The first kappa shape index (κ1) is 27.0. The van der Waals surface area contributed by atoms with Crippen molar-refractivity contribution in [1.82, 2.24) is 0 Å². The number of fused-ring (bicyclic) bond motifs is 3. The van der Waals surface area contributed by atoms with Crippen molar-refractivity contribution in [3.8, 4) is 40.1 Å². The van der Waals surface area contributed by atoms with E-state index >= 15 is 0 Å². The second-order valence-corrected chi connectivity index (χ2v) is 10.6. The molecule has 1 aromatic heterocycles. The first-order valence-corrected chi connectivity index (χ1v) is 13.6. The molecule has 3 N–H and O–H groups in total. The third kappa shape index (κ3) is 4.92. The lowest BCUT2D eigenvalue weighted by atomic mass is 9.84. The second-order valence-electron chi connectivity index (χ2n) is 10.6. The number of para-hydroxylation sites is 1. The van der Waals surface area contributed by atoms with Gasteiger partial charge in [0, 0.05) is 34.7 Å². The molecule has 0 bridgehead atoms. The molecule has 0 saturated carbocycles. The number of rotatable bonds is 6. The summed E-state index contributed by atoms with van der Waals surface area (Å²) >= 11 is 0. The van der Waals surface area contributed by atoms with E-state index in [0.717, 1.165) is 5.56 Å². The van der Waals surface area contributed by atoms with E-state index < -0.39 is 17.3 Å². The van der Waals surface area contributed by atoms with Crippen molar-refractivity contribution in [1.29, 1.82) is 0 Å². The SMILES string of the molecule is CC(C)c1ccc(COc2ccccc2[C@@H]2CC(=O)Oc3cc(O)c4c(=O)cc(-c5ccc(O)c(O)c5)oc4c32)cc1. The lowest BCUT2D eigenvalue weighted by Crippen LogP contribution is -2.22. The number of hydrogen-bond donors (Lipinski definition) is 3. The van der Waals surface area contributed by atoms with E-state index in [-0.39, 0.29) is 46.1 Å². The summed E-state index contributed by atoms with van der Waals surface area (Å²) in [5.41, 5.74) is 3.19. The smallest absolute Gasteiger partial charge is 0.312 e. The maximum Gasteiger partial charge on any atom is 0.312 e. The predicted molar refractivity (Wildman–Crippen MR) is 156 cm³/mol. The molecule has 1 atom stereocenters. The molecule has 0 amide bonds. The van der Waals surface area contributed by atoms with Gasteiger partial charge in [-0.1, -0.05) is 56.3 Å². The van der Waals surface area contributed by atoms with Crippen molar-refractivity contribution in [3.63, 3.8) is 0 Å². The van der Waals surface area contributed by atoms with Crippen molar-refractivity contribution in [3.05, 3.63) is 111 Å². The molecule has 2 heterocycles. The Morgan fingerprint density at radius 2 is 1.64 bits per heavy atom. The Morgan fingerprint density at radius 1 is 0.881 bits per heavy atom. The third-order valence-corrected chi connectivity index (χ3v) is 7.52. The molecule has 6 rings (SSSR count). The summed E-state index contributed by atoms with van der Waals surface area (Å²) in [6.45, 7) is 4.58. The number of benzene rings is 4. The van der Waals surface area contributed by atoms with Crippen molar-refractivity contribution in [2.24, 2.45) is 0 Å². The molecule has 0 saturated heterocycles. The average molecular weight is 565 g/mol. The van der Waals surface area contributed by atoms with Crippen LogP contribution in [0.5, 0.6) is 28.7 Å². The Kier molecular flexibility index (Phi) is 6.82. The summed E-state index contributed by atoms with van der Waals surface area (Å²) in [6.07, 6.45) is -0.0513. The fourth-order valence-corrected chi connectivity index (χ4v) is 5.30. The zero-order valence-electron chi connectivity index (χ0n) is 23.0. The molecular formula is C34H28O8. The quantitative estimate of drug-likeness (QED) is 0.118. The van der Waals surface area contributed by atoms with Gasteiger partial charge in [-0.15, -0.1) is 0 Å². The van der Waals surface area contributed by atoms with Crippen LogP contribution in [0.3, 0.4) is 0 Å². The van der Waals surface area contributed by atoms with E-state index in [4.69, 9.17) is 13.9 Å². The van der Waals surface area contributed by atoms with Gasteiger partial charge in [0.05, 0.1) is 6.42 Å². The van der Waals surface area contributed by atoms with Crippen LogP contribution in [0.1, 0.15) is 54.4 Å². The molecule has 212 valence electrons. The number of phenolic OH excluding ortho intramolecular Hbond substituents is 3. The fraction of sp³-hybridized carbons (Fsp3) is 0.176. The maximum absolute atomic E-state index is 13.3. The van der Waals surface area contributed by atoms with Crippen molar-refractivity contribution in [2.45, 2.75) is 38.7 Å². The normalized spacial score (nSPS) is 14.5. The van der Waals surface area contributed by atoms with Gasteiger partial charge >= 0.3 is 5.97 Å². The zero-order chi connectivity index (χ0) is 29.5. The topological polar surface area (TPSA) is 126 Å². The van der Waals surface area contributed by atoms with Gasteiger partial charge in [0.25, 0.3) is 0 Å². The molecular weight excluding hydrogens is 536 g/mol. The van der Waals surface area contributed by atoms with Crippen LogP contribution in [0.25, 0.3) is 22.3 Å². The molecule has 5 aromatic rings. The van der Waals surface area contributed by atoms with E-state index in [1.54, 1.807) is 0 Å². The second kappa shape index (κ2) is 10.6. The average Bonchev–Trinajstić information content (AvgIpc) is 2.97. The summed E-state index contributed by atoms with van der Waals surface area (Å²) in [4.78, 5) is 26.0. The predicted octanol–water partition coefficient (Wildman–Crippen LogP) is 6.72. The summed E-state index contributed by atoms with van der Waals surface area (Å²) in [7, 11) is 0. The van der Waals surface area contributed by atoms with Gasteiger partial charge in [0.2, 0.25) is 0 Å². The molecule has 0 fully saturated rings. The summed E-state index contributed by atoms with van der Waals surface area (Å²) in [5.74, 6) is -1.07. The highest BCUT2D eigenvalue weighted by Crippen LogP contribution is 2.48. The van der Waals surface area contributed by atoms with E-state index in [9.17, 15) is 24.9 Å². The highest BCUT2D eigenvalue weighted by molar-refractivity contribution is 5.93. The van der Waals surface area contributed by atoms with E-state index in [2.05, 4.69) is 26.0 Å². The minimum Gasteiger partial charge on any atom is -0.507 e. The lowest BCUT2D eigenvalue weighted by Gasteiger charge is -2.27. The van der Waals surface area contributed by atoms with Gasteiger partial charge in [0.1, 0.15) is 40.6 Å². The van der Waals surface area contributed by atoms with Gasteiger partial charge in [-0.3, -0.25) is 9.59 Å². The lowest BCUT2D eigenvalue weighted by molar-refractivity contribution is -0.135. The molecule has 0 radical (unpaired) electrons. The van der Waals surface area contributed by atoms with Gasteiger partial charge in [-0.25, -0.2) is 0 Å². The highest BCUT2D eigenvalue weighted by atomic mass is 16.5. The summed E-state index contributed by atoms with van der Waals surface area (Å²) in [6, 6.07) is 22.0. The molecule has 42 heavy (non-hydrogen) atoms. The van der Waals surface area contributed by atoms with Crippen LogP contribution in [-0.2, 0) is 11.4 Å². The monoisotopic (exact) mass is 564 g/mol. The van der Waals surface area contributed by atoms with E-state index in [0.29, 0.717) is 35.0 Å². The van der Waals surface area contributed by atoms with Gasteiger partial charge in [-0.2, -0.15) is 0 Å². The van der Waals surface area contributed by atoms with Gasteiger partial charge < -0.3 is 29.2 Å². The fourth-order valence-electron chi connectivity index (χ4n) is 5.30. The Morgan fingerprint density at radius 3 is 2.38 bits per heavy atom. The number of phenols is 3. The van der Waals surface area contributed by atoms with Crippen LogP contribution in [0.2, 0.25) is 0 Å². The van der Waals surface area contributed by atoms with Crippen molar-refractivity contribution >= 4 is 16.9 Å². The number of carbonyl (C=O) groups excluding carboxylic acids is 1. The van der Waals surface area contributed by atoms with Crippen LogP contribution in [-0.4, -0.2) is 21.3 Å². The number of hydrogen-bond acceptors (Lipinski definition) is 8. The summed E-state index contributed by atoms with van der Waals surface area (Å²) < 4.78 is 18.0. The molecule has 8 nitrogen and oxygen atoms in total. The van der Waals surface area contributed by atoms with Crippen LogP contribution in [0.4, 0.5) is 0 Å². The van der Waals surface area contributed by atoms with Gasteiger partial charge in [-0.05, 0) is 41.3 Å². The molecule has 8 heteroatoms. The first-order chi connectivity index (χ1) is 20.2. The minimum atomic E-state index is -0.615. The first-order valence-electron chi connectivity index (χ1n) is 13.6. The minimum absolute atomic E-state index is 0.0513. The number of carbonyl (C=O) groups is 1. The standard InChI is InChI=1S/C34H28O8/c1-18(2)20-9-7-19(8-10-20)17-40-28-6-4-3-5-22(28)23-14-31(39)41-30-16-27(38)33-26(37)15-29(42-34(33)32(23)30)21-11-12-24(35)25(36)13-21/h3-13,15-16,18,23,35-36,38H,14,17H2,1-2H3/t23-/m0/s1. The molecule has 4 aromatic carbocycles. The summed E-state index contributed by atoms with van der Waals surface area (Å²) in [5, 5.41) is 30.5. The van der Waals surface area contributed by atoms with Crippen LogP contribution < -0.4 is 14.9 Å². The number of ether oxygens (including phenoxy) is 2. The van der Waals surface area contributed by atoms with Gasteiger partial charge in [0.15, 0.2) is 16.9 Å². The van der Waals surface area contributed by atoms with E-state index in [1.807, 2.05) is 36.4 Å². The Labute approximate surface area is 241 Å². The molecule has 0 spiro atoms. The highest BCUT2D eigenvalue weighted by Gasteiger charge is 2.35. The van der Waals surface area contributed by atoms with Crippen molar-refractivity contribution < 1.29 is 34.0 Å². The van der Waals surface area contributed by atoms with Crippen LogP contribution in [0.15, 0.2) is 88.1 Å². The van der Waals surface area contributed by atoms with E-state index in [1.165, 1.54) is 35.9 Å². The molecule has 1 aliphatic rings. The Balaban J connectivity index is 1.47.